The van der Waals surface area contributed by atoms with Gasteiger partial charge in [0.05, 0.1) is 17.6 Å². The minimum Gasteiger partial charge on any atom is -0.496 e. The molecule has 0 aromatic heterocycles. The van der Waals surface area contributed by atoms with E-state index in [4.69, 9.17) is 16.3 Å². The molecule has 0 bridgehead atoms. The third kappa shape index (κ3) is 3.99. The fourth-order valence-electron chi connectivity index (χ4n) is 1.92. The average Bonchev–Trinajstić information content (AvgIpc) is 2.47. The van der Waals surface area contributed by atoms with Crippen LogP contribution in [-0.2, 0) is 0 Å². The summed E-state index contributed by atoms with van der Waals surface area (Å²) in [6.45, 7) is 1.93. The molecule has 0 saturated heterocycles. The summed E-state index contributed by atoms with van der Waals surface area (Å²) < 4.78 is 5.90. The van der Waals surface area contributed by atoms with Gasteiger partial charge in [-0.25, -0.2) is 0 Å². The lowest BCUT2D eigenvalue weighted by molar-refractivity contribution is 0.0940. The highest BCUT2D eigenvalue weighted by Gasteiger charge is 2.13. The highest BCUT2D eigenvalue weighted by Crippen LogP contribution is 2.26. The summed E-state index contributed by atoms with van der Waals surface area (Å²) in [6.07, 6.45) is 0. The predicted octanol–water partition coefficient (Wildman–Crippen LogP) is 4.60. The van der Waals surface area contributed by atoms with Crippen molar-refractivity contribution in [3.8, 4) is 5.75 Å². The highest BCUT2D eigenvalue weighted by atomic mass is 79.9. The number of amides is 1. The van der Waals surface area contributed by atoms with Crippen LogP contribution in [0.4, 0.5) is 0 Å². The molecule has 2 aromatic rings. The quantitative estimate of drug-likeness (QED) is 0.856. The van der Waals surface area contributed by atoms with E-state index < -0.39 is 0 Å². The number of methoxy groups -OCH3 is 1. The number of nitrogens with one attached hydrogen (secondary N) is 1. The standard InChI is InChI=1S/C16H15BrClNO2/c1-10(11-3-6-13(18)7-4-11)19-16(20)12-5-8-15(21-2)14(17)9-12/h3-10H,1-2H3,(H,19,20)/t10-/m1/s1. The van der Waals surface area contributed by atoms with E-state index >= 15 is 0 Å². The van der Waals surface area contributed by atoms with E-state index in [2.05, 4.69) is 21.2 Å². The summed E-state index contributed by atoms with van der Waals surface area (Å²) in [6, 6.07) is 12.5. The minimum atomic E-state index is -0.138. The van der Waals surface area contributed by atoms with Crippen LogP contribution < -0.4 is 10.1 Å². The summed E-state index contributed by atoms with van der Waals surface area (Å²) >= 11 is 9.23. The number of benzene rings is 2. The molecule has 5 heteroatoms. The molecule has 0 aliphatic rings. The molecule has 21 heavy (non-hydrogen) atoms. The molecule has 0 saturated carbocycles. The number of ether oxygens (including phenoxy) is 1. The van der Waals surface area contributed by atoms with Gasteiger partial charge >= 0.3 is 0 Å². The van der Waals surface area contributed by atoms with Crippen LogP contribution in [-0.4, -0.2) is 13.0 Å². The van der Waals surface area contributed by atoms with E-state index in [9.17, 15) is 4.79 Å². The van der Waals surface area contributed by atoms with E-state index in [1.165, 1.54) is 0 Å². The molecule has 3 nitrogen and oxygen atoms in total. The Hall–Kier alpha value is -1.52. The smallest absolute Gasteiger partial charge is 0.251 e. The first-order valence-corrected chi connectivity index (χ1v) is 7.58. The van der Waals surface area contributed by atoms with Crippen molar-refractivity contribution in [2.45, 2.75) is 13.0 Å². The molecule has 1 atom stereocenters. The van der Waals surface area contributed by atoms with Crippen molar-refractivity contribution < 1.29 is 9.53 Å². The highest BCUT2D eigenvalue weighted by molar-refractivity contribution is 9.10. The zero-order valence-corrected chi connectivity index (χ0v) is 14.0. The number of rotatable bonds is 4. The van der Waals surface area contributed by atoms with Gasteiger partial charge in [-0.15, -0.1) is 0 Å². The van der Waals surface area contributed by atoms with Crippen LogP contribution in [0.5, 0.6) is 5.75 Å². The van der Waals surface area contributed by atoms with Crippen molar-refractivity contribution >= 4 is 33.4 Å². The predicted molar refractivity (Wildman–Crippen MR) is 88.0 cm³/mol. The molecule has 0 radical (unpaired) electrons. The first-order chi connectivity index (χ1) is 10.0. The van der Waals surface area contributed by atoms with Gasteiger partial charge < -0.3 is 10.1 Å². The molecule has 2 aromatic carbocycles. The van der Waals surface area contributed by atoms with E-state index in [-0.39, 0.29) is 11.9 Å². The molecular weight excluding hydrogens is 354 g/mol. The van der Waals surface area contributed by atoms with Crippen LogP contribution >= 0.6 is 27.5 Å². The monoisotopic (exact) mass is 367 g/mol. The van der Waals surface area contributed by atoms with Gasteiger partial charge in [0.1, 0.15) is 5.75 Å². The Balaban J connectivity index is 2.10. The van der Waals surface area contributed by atoms with Crippen molar-refractivity contribution in [3.05, 3.63) is 63.1 Å². The van der Waals surface area contributed by atoms with Crippen molar-refractivity contribution in [2.24, 2.45) is 0 Å². The fourth-order valence-corrected chi connectivity index (χ4v) is 2.59. The Kier molecular flexibility index (Phi) is 5.26. The maximum atomic E-state index is 12.2. The molecule has 0 spiro atoms. The van der Waals surface area contributed by atoms with Gasteiger partial charge in [0.25, 0.3) is 5.91 Å². The van der Waals surface area contributed by atoms with Gasteiger partial charge in [-0.05, 0) is 58.7 Å². The lowest BCUT2D eigenvalue weighted by atomic mass is 10.1. The Morgan fingerprint density at radius 1 is 1.24 bits per heavy atom. The third-order valence-electron chi connectivity index (χ3n) is 3.13. The zero-order chi connectivity index (χ0) is 15.4. The second-order valence-corrected chi connectivity index (χ2v) is 5.89. The molecule has 0 heterocycles. The van der Waals surface area contributed by atoms with Crippen LogP contribution in [0.15, 0.2) is 46.9 Å². The largest absolute Gasteiger partial charge is 0.496 e. The average molecular weight is 369 g/mol. The molecule has 110 valence electrons. The SMILES string of the molecule is COc1ccc(C(=O)N[C@H](C)c2ccc(Cl)cc2)cc1Br. The third-order valence-corrected chi connectivity index (χ3v) is 4.00. The topological polar surface area (TPSA) is 38.3 Å². The summed E-state index contributed by atoms with van der Waals surface area (Å²) in [5, 5.41) is 3.63. The van der Waals surface area contributed by atoms with Crippen LogP contribution in [0.1, 0.15) is 28.9 Å². The van der Waals surface area contributed by atoms with Crippen LogP contribution in [0.25, 0.3) is 0 Å². The van der Waals surface area contributed by atoms with Gasteiger partial charge in [-0.1, -0.05) is 23.7 Å². The lowest BCUT2D eigenvalue weighted by Gasteiger charge is -2.15. The summed E-state index contributed by atoms with van der Waals surface area (Å²) in [4.78, 5) is 12.2. The molecule has 0 fully saturated rings. The first-order valence-electron chi connectivity index (χ1n) is 6.41. The summed E-state index contributed by atoms with van der Waals surface area (Å²) in [5.41, 5.74) is 1.57. The van der Waals surface area contributed by atoms with Crippen LogP contribution in [0.2, 0.25) is 5.02 Å². The molecular formula is C16H15BrClNO2. The normalized spacial score (nSPS) is 11.8. The molecule has 0 aliphatic carbocycles. The van der Waals surface area contributed by atoms with E-state index in [1.807, 2.05) is 31.2 Å². The van der Waals surface area contributed by atoms with E-state index in [0.717, 1.165) is 10.0 Å². The van der Waals surface area contributed by atoms with Gasteiger partial charge in [0.15, 0.2) is 0 Å². The van der Waals surface area contributed by atoms with E-state index in [1.54, 1.807) is 25.3 Å². The Morgan fingerprint density at radius 2 is 1.90 bits per heavy atom. The second kappa shape index (κ2) is 6.96. The lowest BCUT2D eigenvalue weighted by Crippen LogP contribution is -2.26. The van der Waals surface area contributed by atoms with Crippen molar-refractivity contribution in [1.82, 2.24) is 5.32 Å². The number of carbonyl (C=O) groups is 1. The minimum absolute atomic E-state index is 0.101. The maximum absolute atomic E-state index is 12.2. The summed E-state index contributed by atoms with van der Waals surface area (Å²) in [5.74, 6) is 0.554. The maximum Gasteiger partial charge on any atom is 0.251 e. The van der Waals surface area contributed by atoms with Gasteiger partial charge in [-0.3, -0.25) is 4.79 Å². The number of hydrogen-bond acceptors (Lipinski definition) is 2. The number of carbonyl (C=O) groups excluding carboxylic acids is 1. The second-order valence-electron chi connectivity index (χ2n) is 4.60. The summed E-state index contributed by atoms with van der Waals surface area (Å²) in [7, 11) is 1.59. The molecule has 1 N–H and O–H groups in total. The van der Waals surface area contributed by atoms with E-state index in [0.29, 0.717) is 16.3 Å². The zero-order valence-electron chi connectivity index (χ0n) is 11.7. The van der Waals surface area contributed by atoms with Crippen LogP contribution in [0.3, 0.4) is 0 Å². The fraction of sp³-hybridized carbons (Fsp3) is 0.188. The van der Waals surface area contributed by atoms with Crippen molar-refractivity contribution in [1.29, 1.82) is 0 Å². The molecule has 0 unspecified atom stereocenters. The van der Waals surface area contributed by atoms with Crippen LogP contribution in [0, 0.1) is 0 Å². The first kappa shape index (κ1) is 15.9. The number of halogens is 2. The molecule has 0 aliphatic heterocycles. The van der Waals surface area contributed by atoms with Crippen molar-refractivity contribution in [2.75, 3.05) is 7.11 Å². The molecule has 1 amide bonds. The Bertz CT molecular complexity index is 643. The van der Waals surface area contributed by atoms with Gasteiger partial charge in [-0.2, -0.15) is 0 Å². The Morgan fingerprint density at radius 3 is 2.48 bits per heavy atom. The van der Waals surface area contributed by atoms with Crippen molar-refractivity contribution in [3.63, 3.8) is 0 Å². The Labute approximate surface area is 137 Å². The van der Waals surface area contributed by atoms with Gasteiger partial charge in [0, 0.05) is 10.6 Å². The van der Waals surface area contributed by atoms with Gasteiger partial charge in [0.2, 0.25) is 0 Å². The number of hydrogen-bond donors (Lipinski definition) is 1. The molecule has 2 rings (SSSR count).